The maximum atomic E-state index is 11.3. The maximum absolute atomic E-state index is 11.3. The molecule has 3 aromatic rings. The van der Waals surface area contributed by atoms with Crippen LogP contribution in [-0.4, -0.2) is 56.7 Å². The molecule has 1 amide bonds. The first-order valence-corrected chi connectivity index (χ1v) is 10.4. The zero-order valence-electron chi connectivity index (χ0n) is 17.0. The molecule has 9 heteroatoms. The van der Waals surface area contributed by atoms with Gasteiger partial charge in [-0.25, -0.2) is 4.68 Å². The fourth-order valence-electron chi connectivity index (χ4n) is 3.83. The van der Waals surface area contributed by atoms with Crippen LogP contribution in [0.4, 0.5) is 0 Å². The minimum absolute atomic E-state index is 0.189. The molecule has 0 saturated carbocycles. The van der Waals surface area contributed by atoms with Crippen LogP contribution < -0.4 is 5.73 Å². The molecule has 3 heterocycles. The molecule has 1 atom stereocenters. The summed E-state index contributed by atoms with van der Waals surface area (Å²) in [6.45, 7) is 3.75. The third-order valence-electron chi connectivity index (χ3n) is 5.44. The number of nitrogens with zero attached hydrogens (tertiary/aromatic N) is 5. The Morgan fingerprint density at radius 2 is 2.03 bits per heavy atom. The van der Waals surface area contributed by atoms with Gasteiger partial charge in [0.1, 0.15) is 0 Å². The van der Waals surface area contributed by atoms with Crippen molar-refractivity contribution in [3.05, 3.63) is 59.1 Å². The number of nitrogens with two attached hydrogens (primary N) is 1. The number of hydrogen-bond acceptors (Lipinski definition) is 6. The second kappa shape index (κ2) is 8.95. The molecule has 1 aliphatic rings. The Hall–Kier alpha value is -2.75. The quantitative estimate of drug-likeness (QED) is 0.584. The van der Waals surface area contributed by atoms with E-state index in [1.165, 1.54) is 5.56 Å². The minimum atomic E-state index is -0.377. The smallest absolute Gasteiger partial charge is 0.219 e. The first-order valence-electron chi connectivity index (χ1n) is 10.0. The highest BCUT2D eigenvalue weighted by Crippen LogP contribution is 2.26. The molecule has 1 aromatic carbocycles. The summed E-state index contributed by atoms with van der Waals surface area (Å²) >= 11 is 5.72. The predicted molar refractivity (Wildman–Crippen MR) is 116 cm³/mol. The summed E-state index contributed by atoms with van der Waals surface area (Å²) in [6, 6.07) is 14.4. The zero-order valence-corrected chi connectivity index (χ0v) is 17.8. The number of rotatable bonds is 7. The Kier molecular flexibility index (Phi) is 6.12. The number of carbonyl (C=O) groups is 1. The molecule has 0 radical (unpaired) electrons. The summed E-state index contributed by atoms with van der Waals surface area (Å²) < 4.78 is 9.74. The molecule has 1 unspecified atom stereocenters. The largest absolute Gasteiger partial charge is 0.461 e. The van der Waals surface area contributed by atoms with E-state index >= 15 is 0 Å². The van der Waals surface area contributed by atoms with Gasteiger partial charge in [0.05, 0.1) is 12.9 Å². The van der Waals surface area contributed by atoms with Crippen LogP contribution in [-0.2, 0) is 18.0 Å². The molecule has 0 spiro atoms. The Labute approximate surface area is 180 Å². The Bertz CT molecular complexity index is 1040. The van der Waals surface area contributed by atoms with E-state index in [0.717, 1.165) is 19.6 Å². The second-order valence-corrected chi connectivity index (χ2v) is 7.96. The summed E-state index contributed by atoms with van der Waals surface area (Å²) in [4.78, 5) is 16.1. The molecular weight excluding hydrogens is 400 g/mol. The summed E-state index contributed by atoms with van der Waals surface area (Å²) in [5, 5.41) is 4.75. The summed E-state index contributed by atoms with van der Waals surface area (Å²) in [6.07, 6.45) is 1.79. The average Bonchev–Trinajstić information content (AvgIpc) is 3.37. The fourth-order valence-corrected chi connectivity index (χ4v) is 4.11. The molecule has 2 aromatic heterocycles. The first kappa shape index (κ1) is 20.5. The van der Waals surface area contributed by atoms with E-state index in [1.807, 2.05) is 27.4 Å². The molecule has 30 heavy (non-hydrogen) atoms. The van der Waals surface area contributed by atoms with Gasteiger partial charge in [-0.2, -0.15) is 0 Å². The van der Waals surface area contributed by atoms with Crippen molar-refractivity contribution in [3.63, 3.8) is 0 Å². The third-order valence-corrected chi connectivity index (χ3v) is 5.87. The maximum Gasteiger partial charge on any atom is 0.219 e. The van der Waals surface area contributed by atoms with E-state index in [4.69, 9.17) is 27.5 Å². The van der Waals surface area contributed by atoms with E-state index < -0.39 is 0 Å². The van der Waals surface area contributed by atoms with Crippen molar-refractivity contribution in [2.45, 2.75) is 25.7 Å². The van der Waals surface area contributed by atoms with Gasteiger partial charge in [0.25, 0.3) is 0 Å². The van der Waals surface area contributed by atoms with Crippen molar-refractivity contribution in [2.24, 2.45) is 5.73 Å². The van der Waals surface area contributed by atoms with Crippen molar-refractivity contribution in [3.8, 4) is 11.6 Å². The molecule has 1 saturated heterocycles. The van der Waals surface area contributed by atoms with Crippen molar-refractivity contribution in [1.82, 2.24) is 24.1 Å². The molecule has 0 aliphatic carbocycles. The van der Waals surface area contributed by atoms with Crippen molar-refractivity contribution in [2.75, 3.05) is 26.7 Å². The van der Waals surface area contributed by atoms with Gasteiger partial charge in [-0.15, -0.1) is 5.10 Å². The topological polar surface area (TPSA) is 85.5 Å². The number of piperazine rings is 1. The summed E-state index contributed by atoms with van der Waals surface area (Å²) in [5.41, 5.74) is 6.63. The predicted octanol–water partition coefficient (Wildman–Crippen LogP) is 2.50. The standard InChI is InChI=1S/C21H26N6O2S/c1-24-11-12-25(17(14-24)16-6-3-2-4-7-16)15-27-21(30)26(10-9-19(22)28)20(23-27)18-8-5-13-29-18/h2-8,13,17H,9-12,14-15H2,1H3,(H2,22,28). The lowest BCUT2D eigenvalue weighted by Crippen LogP contribution is -2.47. The van der Waals surface area contributed by atoms with Crippen LogP contribution in [0.1, 0.15) is 18.0 Å². The molecule has 158 valence electrons. The van der Waals surface area contributed by atoms with E-state index in [0.29, 0.717) is 29.6 Å². The monoisotopic (exact) mass is 426 g/mol. The highest BCUT2D eigenvalue weighted by atomic mass is 32.1. The van der Waals surface area contributed by atoms with Crippen LogP contribution in [0.25, 0.3) is 11.6 Å². The van der Waals surface area contributed by atoms with Crippen LogP contribution >= 0.6 is 12.2 Å². The van der Waals surface area contributed by atoms with Gasteiger partial charge in [-0.1, -0.05) is 30.3 Å². The number of amides is 1. The van der Waals surface area contributed by atoms with Gasteiger partial charge < -0.3 is 15.1 Å². The normalized spacial score (nSPS) is 18.0. The van der Waals surface area contributed by atoms with Crippen LogP contribution in [0, 0.1) is 4.77 Å². The molecule has 2 N–H and O–H groups in total. The number of carbonyl (C=O) groups excluding carboxylic acids is 1. The Morgan fingerprint density at radius 3 is 2.73 bits per heavy atom. The molecular formula is C21H26N6O2S. The van der Waals surface area contributed by atoms with Gasteiger partial charge in [0, 0.05) is 38.6 Å². The van der Waals surface area contributed by atoms with Crippen LogP contribution in [0.3, 0.4) is 0 Å². The Morgan fingerprint density at radius 1 is 1.23 bits per heavy atom. The number of primary amides is 1. The number of hydrogen-bond donors (Lipinski definition) is 1. The molecule has 1 aliphatic heterocycles. The zero-order chi connectivity index (χ0) is 21.1. The molecule has 0 bridgehead atoms. The Balaban J connectivity index is 1.65. The van der Waals surface area contributed by atoms with E-state index in [2.05, 4.69) is 41.1 Å². The lowest BCUT2D eigenvalue weighted by molar-refractivity contribution is -0.118. The van der Waals surface area contributed by atoms with Gasteiger partial charge >= 0.3 is 0 Å². The fraction of sp³-hybridized carbons (Fsp3) is 0.381. The lowest BCUT2D eigenvalue weighted by atomic mass is 10.0. The molecule has 4 rings (SSSR count). The highest BCUT2D eigenvalue weighted by Gasteiger charge is 2.28. The van der Waals surface area contributed by atoms with Crippen LogP contribution in [0.2, 0.25) is 0 Å². The van der Waals surface area contributed by atoms with E-state index in [9.17, 15) is 4.79 Å². The van der Waals surface area contributed by atoms with Crippen molar-refractivity contribution < 1.29 is 9.21 Å². The van der Waals surface area contributed by atoms with Crippen molar-refractivity contribution >= 4 is 18.1 Å². The third kappa shape index (κ3) is 4.38. The first-order chi connectivity index (χ1) is 14.5. The number of furan rings is 1. The molecule has 1 fully saturated rings. The van der Waals surface area contributed by atoms with Gasteiger partial charge in [0.15, 0.2) is 16.4 Å². The summed E-state index contributed by atoms with van der Waals surface area (Å²) in [5.74, 6) is 0.845. The number of aromatic nitrogens is 3. The van der Waals surface area contributed by atoms with E-state index in [-0.39, 0.29) is 18.4 Å². The number of benzene rings is 1. The van der Waals surface area contributed by atoms with Crippen LogP contribution in [0.5, 0.6) is 0 Å². The van der Waals surface area contributed by atoms with Crippen molar-refractivity contribution in [1.29, 1.82) is 0 Å². The van der Waals surface area contributed by atoms with E-state index in [1.54, 1.807) is 6.26 Å². The lowest BCUT2D eigenvalue weighted by Gasteiger charge is -2.40. The van der Waals surface area contributed by atoms with Gasteiger partial charge in [-0.05, 0) is 37.0 Å². The highest BCUT2D eigenvalue weighted by molar-refractivity contribution is 7.71. The second-order valence-electron chi connectivity index (χ2n) is 7.59. The van der Waals surface area contributed by atoms with Gasteiger partial charge in [-0.3, -0.25) is 14.3 Å². The molecule has 8 nitrogen and oxygen atoms in total. The van der Waals surface area contributed by atoms with Gasteiger partial charge in [0.2, 0.25) is 5.91 Å². The summed E-state index contributed by atoms with van der Waals surface area (Å²) in [7, 11) is 2.15. The SMILES string of the molecule is CN1CCN(Cn2nc(-c3ccco3)n(CCC(N)=O)c2=S)C(c2ccccc2)C1. The average molecular weight is 427 g/mol. The number of likely N-dealkylation sites (N-methyl/N-ethyl adjacent to an activating group) is 1. The van der Waals surface area contributed by atoms with Crippen LogP contribution in [0.15, 0.2) is 53.1 Å². The minimum Gasteiger partial charge on any atom is -0.461 e.